The van der Waals surface area contributed by atoms with Crippen molar-refractivity contribution in [3.63, 3.8) is 0 Å². The Kier molecular flexibility index (Phi) is 7.69. The van der Waals surface area contributed by atoms with E-state index in [-0.39, 0.29) is 5.17 Å². The molecule has 0 aromatic rings. The SMILES string of the molecule is C=CCN(CCCCCC)C(O)=S. The zero-order valence-corrected chi connectivity index (χ0v) is 9.15. The van der Waals surface area contributed by atoms with Crippen LogP contribution in [0.4, 0.5) is 0 Å². The maximum Gasteiger partial charge on any atom is 0.257 e. The second-order valence-electron chi connectivity index (χ2n) is 3.08. The predicted octanol–water partition coefficient (Wildman–Crippen LogP) is 2.90. The van der Waals surface area contributed by atoms with E-state index in [1.54, 1.807) is 11.0 Å². The molecule has 0 spiro atoms. The third-order valence-electron chi connectivity index (χ3n) is 1.90. The van der Waals surface area contributed by atoms with Gasteiger partial charge in [0, 0.05) is 13.1 Å². The molecule has 0 saturated carbocycles. The van der Waals surface area contributed by atoms with Crippen LogP contribution in [0.3, 0.4) is 0 Å². The van der Waals surface area contributed by atoms with Crippen molar-refractivity contribution in [1.82, 2.24) is 4.90 Å². The minimum Gasteiger partial charge on any atom is -0.486 e. The van der Waals surface area contributed by atoms with Crippen molar-refractivity contribution in [2.24, 2.45) is 0 Å². The smallest absolute Gasteiger partial charge is 0.257 e. The number of aliphatic hydroxyl groups excluding tert-OH is 1. The zero-order chi connectivity index (χ0) is 10.1. The lowest BCUT2D eigenvalue weighted by atomic mass is 10.2. The summed E-state index contributed by atoms with van der Waals surface area (Å²) in [5.41, 5.74) is 0. The molecule has 0 fully saturated rings. The fourth-order valence-corrected chi connectivity index (χ4v) is 1.32. The predicted molar refractivity (Wildman–Crippen MR) is 61.1 cm³/mol. The molecule has 0 atom stereocenters. The van der Waals surface area contributed by atoms with Gasteiger partial charge in [-0.2, -0.15) is 0 Å². The van der Waals surface area contributed by atoms with Crippen molar-refractivity contribution in [3.05, 3.63) is 12.7 Å². The highest BCUT2D eigenvalue weighted by Crippen LogP contribution is 2.01. The van der Waals surface area contributed by atoms with Gasteiger partial charge in [0.15, 0.2) is 0 Å². The largest absolute Gasteiger partial charge is 0.486 e. The van der Waals surface area contributed by atoms with Crippen LogP contribution >= 0.6 is 12.2 Å². The van der Waals surface area contributed by atoms with Gasteiger partial charge in [-0.25, -0.2) is 0 Å². The number of unbranched alkanes of at least 4 members (excludes halogenated alkanes) is 3. The Morgan fingerprint density at radius 1 is 1.46 bits per heavy atom. The Hall–Kier alpha value is -0.570. The molecule has 0 aliphatic carbocycles. The average molecular weight is 201 g/mol. The van der Waals surface area contributed by atoms with Crippen LogP contribution in [-0.2, 0) is 0 Å². The van der Waals surface area contributed by atoms with E-state index in [4.69, 9.17) is 17.3 Å². The highest BCUT2D eigenvalue weighted by Gasteiger charge is 2.04. The maximum atomic E-state index is 9.11. The molecule has 13 heavy (non-hydrogen) atoms. The van der Waals surface area contributed by atoms with Crippen molar-refractivity contribution in [1.29, 1.82) is 0 Å². The lowest BCUT2D eigenvalue weighted by Gasteiger charge is -2.19. The number of thiocarbonyl (C=S) groups is 1. The Bertz CT molecular complexity index is 159. The summed E-state index contributed by atoms with van der Waals surface area (Å²) in [6.07, 6.45) is 6.52. The van der Waals surface area contributed by atoms with E-state index in [0.29, 0.717) is 6.54 Å². The summed E-state index contributed by atoms with van der Waals surface area (Å²) in [5, 5.41) is 9.09. The molecular weight excluding hydrogens is 182 g/mol. The van der Waals surface area contributed by atoms with E-state index in [0.717, 1.165) is 13.0 Å². The molecule has 2 nitrogen and oxygen atoms in total. The third-order valence-corrected chi connectivity index (χ3v) is 2.16. The fourth-order valence-electron chi connectivity index (χ4n) is 1.15. The summed E-state index contributed by atoms with van der Waals surface area (Å²) < 4.78 is 0. The molecule has 0 amide bonds. The summed E-state index contributed by atoms with van der Waals surface area (Å²) in [6.45, 7) is 7.27. The quantitative estimate of drug-likeness (QED) is 0.389. The van der Waals surface area contributed by atoms with Crippen molar-refractivity contribution >= 4 is 17.4 Å². The number of aliphatic hydroxyl groups is 1. The van der Waals surface area contributed by atoms with Crippen LogP contribution in [-0.4, -0.2) is 28.3 Å². The molecule has 3 heteroatoms. The lowest BCUT2D eigenvalue weighted by Crippen LogP contribution is -2.30. The van der Waals surface area contributed by atoms with Gasteiger partial charge < -0.3 is 10.0 Å². The molecular formula is C10H19NOS. The molecule has 0 rings (SSSR count). The van der Waals surface area contributed by atoms with Crippen molar-refractivity contribution in [2.45, 2.75) is 32.6 Å². The van der Waals surface area contributed by atoms with Gasteiger partial charge in [0.2, 0.25) is 0 Å². The lowest BCUT2D eigenvalue weighted by molar-refractivity contribution is 0.360. The zero-order valence-electron chi connectivity index (χ0n) is 8.33. The van der Waals surface area contributed by atoms with Crippen LogP contribution in [0.5, 0.6) is 0 Å². The molecule has 0 saturated heterocycles. The minimum atomic E-state index is -0.0172. The van der Waals surface area contributed by atoms with Crippen LogP contribution < -0.4 is 0 Å². The van der Waals surface area contributed by atoms with Crippen molar-refractivity contribution in [2.75, 3.05) is 13.1 Å². The molecule has 0 aromatic heterocycles. The molecule has 0 aromatic carbocycles. The number of rotatable bonds is 7. The number of nitrogens with zero attached hydrogens (tertiary/aromatic N) is 1. The van der Waals surface area contributed by atoms with Crippen LogP contribution in [0, 0.1) is 0 Å². The maximum absolute atomic E-state index is 9.11. The highest BCUT2D eigenvalue weighted by molar-refractivity contribution is 7.79. The highest BCUT2D eigenvalue weighted by atomic mass is 32.1. The first-order chi connectivity index (χ1) is 6.22. The summed E-state index contributed by atoms with van der Waals surface area (Å²) in [7, 11) is 0. The van der Waals surface area contributed by atoms with Crippen LogP contribution in [0.25, 0.3) is 0 Å². The van der Waals surface area contributed by atoms with Crippen molar-refractivity contribution < 1.29 is 5.11 Å². The Labute approximate surface area is 86.2 Å². The first-order valence-corrected chi connectivity index (χ1v) is 5.22. The molecule has 0 radical (unpaired) electrons. The van der Waals surface area contributed by atoms with E-state index in [1.165, 1.54) is 19.3 Å². The summed E-state index contributed by atoms with van der Waals surface area (Å²) >= 11 is 4.69. The molecule has 0 bridgehead atoms. The molecule has 0 heterocycles. The Morgan fingerprint density at radius 2 is 2.15 bits per heavy atom. The minimum absolute atomic E-state index is 0.0172. The first-order valence-electron chi connectivity index (χ1n) is 4.81. The Morgan fingerprint density at radius 3 is 2.62 bits per heavy atom. The van der Waals surface area contributed by atoms with Gasteiger partial charge in [-0.3, -0.25) is 0 Å². The van der Waals surface area contributed by atoms with E-state index >= 15 is 0 Å². The van der Waals surface area contributed by atoms with Gasteiger partial charge in [0.1, 0.15) is 0 Å². The summed E-state index contributed by atoms with van der Waals surface area (Å²) in [6, 6.07) is 0. The monoisotopic (exact) mass is 201 g/mol. The van der Waals surface area contributed by atoms with E-state index < -0.39 is 0 Å². The molecule has 76 valence electrons. The van der Waals surface area contributed by atoms with E-state index in [1.807, 2.05) is 0 Å². The molecule has 1 N–H and O–H groups in total. The van der Waals surface area contributed by atoms with Gasteiger partial charge in [-0.05, 0) is 18.6 Å². The first kappa shape index (κ1) is 12.4. The van der Waals surface area contributed by atoms with Crippen molar-refractivity contribution in [3.8, 4) is 0 Å². The van der Waals surface area contributed by atoms with Gasteiger partial charge >= 0.3 is 0 Å². The van der Waals surface area contributed by atoms with Gasteiger partial charge in [0.25, 0.3) is 5.17 Å². The third kappa shape index (κ3) is 6.58. The van der Waals surface area contributed by atoms with Gasteiger partial charge in [0.05, 0.1) is 0 Å². The number of hydrogen-bond acceptors (Lipinski definition) is 1. The van der Waals surface area contributed by atoms with Gasteiger partial charge in [-0.1, -0.05) is 32.3 Å². The number of hydrogen-bond donors (Lipinski definition) is 1. The van der Waals surface area contributed by atoms with Crippen LogP contribution in [0.15, 0.2) is 12.7 Å². The second-order valence-corrected chi connectivity index (χ2v) is 3.44. The molecule has 0 unspecified atom stereocenters. The average Bonchev–Trinajstić information content (AvgIpc) is 2.10. The second kappa shape index (κ2) is 8.05. The summed E-state index contributed by atoms with van der Waals surface area (Å²) in [5.74, 6) is 0. The summed E-state index contributed by atoms with van der Waals surface area (Å²) in [4.78, 5) is 1.76. The van der Waals surface area contributed by atoms with Crippen LogP contribution in [0.1, 0.15) is 32.6 Å². The standard InChI is InChI=1S/C10H19NOS/c1-3-5-6-7-9-11(8-4-2)10(12)13/h4H,2-3,5-9H2,1H3,(H,12,13). The molecule has 0 aliphatic heterocycles. The molecule has 0 aliphatic rings. The fraction of sp³-hybridized carbons (Fsp3) is 0.700. The van der Waals surface area contributed by atoms with Crippen LogP contribution in [0.2, 0.25) is 0 Å². The van der Waals surface area contributed by atoms with E-state index in [9.17, 15) is 0 Å². The normalized spacial score (nSPS) is 9.62. The van der Waals surface area contributed by atoms with E-state index in [2.05, 4.69) is 13.5 Å². The topological polar surface area (TPSA) is 23.5 Å². The van der Waals surface area contributed by atoms with Gasteiger partial charge in [-0.15, -0.1) is 6.58 Å². The Balaban J connectivity index is 3.56.